The van der Waals surface area contributed by atoms with Crippen molar-refractivity contribution in [1.82, 2.24) is 15.1 Å². The van der Waals surface area contributed by atoms with Gasteiger partial charge in [0.25, 0.3) is 0 Å². The maximum Gasteiger partial charge on any atom is 0.223 e. The van der Waals surface area contributed by atoms with Gasteiger partial charge in [0.15, 0.2) is 0 Å². The largest absolute Gasteiger partial charge is 0.393 e. The minimum atomic E-state index is -0.319. The van der Waals surface area contributed by atoms with E-state index in [4.69, 9.17) is 4.74 Å². The topological polar surface area (TPSA) is 78.5 Å². The predicted octanol–water partition coefficient (Wildman–Crippen LogP) is 1.75. The average Bonchev–Trinajstić information content (AvgIpc) is 3.21. The Kier molecular flexibility index (Phi) is 4.58. The summed E-state index contributed by atoms with van der Waals surface area (Å²) in [5.74, 6) is 0.172. The molecule has 1 aromatic rings. The van der Waals surface area contributed by atoms with E-state index in [2.05, 4.69) is 10.2 Å². The number of ether oxygens (including phenoxy) is 1. The number of fused-ring (bicyclic) bond motifs is 2. The number of aromatic amines is 1. The van der Waals surface area contributed by atoms with Crippen molar-refractivity contribution in [3.8, 4) is 0 Å². The fourth-order valence-corrected chi connectivity index (χ4v) is 5.10. The number of hydrogen-bond donors (Lipinski definition) is 2. The van der Waals surface area contributed by atoms with Crippen molar-refractivity contribution in [1.29, 1.82) is 0 Å². The number of hydrogen-bond acceptors (Lipinski definition) is 4. The number of H-pyrrole nitrogens is 1. The first-order valence-corrected chi connectivity index (χ1v) is 9.70. The summed E-state index contributed by atoms with van der Waals surface area (Å²) in [5, 5.41) is 17.7. The normalized spacial score (nSPS) is 31.7. The highest BCUT2D eigenvalue weighted by molar-refractivity contribution is 5.77. The van der Waals surface area contributed by atoms with Crippen LogP contribution in [-0.4, -0.2) is 57.5 Å². The molecule has 0 unspecified atom stereocenters. The average molecular weight is 347 g/mol. The summed E-state index contributed by atoms with van der Waals surface area (Å²) in [7, 11) is 1.74. The lowest BCUT2D eigenvalue weighted by Crippen LogP contribution is -2.52. The molecule has 138 valence electrons. The second kappa shape index (κ2) is 6.72. The number of aromatic nitrogens is 2. The number of carbonyl (C=O) groups is 1. The first kappa shape index (κ1) is 17.0. The number of rotatable bonds is 4. The van der Waals surface area contributed by atoms with Crippen LogP contribution >= 0.6 is 0 Å². The fourth-order valence-electron chi connectivity index (χ4n) is 5.10. The number of nitrogens with one attached hydrogen (secondary N) is 1. The molecular formula is C19H29N3O3. The summed E-state index contributed by atoms with van der Waals surface area (Å²) in [6, 6.07) is 0.0156. The second-order valence-corrected chi connectivity index (χ2v) is 7.88. The summed E-state index contributed by atoms with van der Waals surface area (Å²) >= 11 is 0. The van der Waals surface area contributed by atoms with E-state index in [1.165, 1.54) is 24.1 Å². The smallest absolute Gasteiger partial charge is 0.223 e. The van der Waals surface area contributed by atoms with Gasteiger partial charge in [-0.05, 0) is 56.9 Å². The highest BCUT2D eigenvalue weighted by Crippen LogP contribution is 2.42. The lowest BCUT2D eigenvalue weighted by atomic mass is 9.79. The molecule has 0 spiro atoms. The zero-order valence-corrected chi connectivity index (χ0v) is 15.1. The minimum Gasteiger partial charge on any atom is -0.393 e. The third-order valence-electron chi connectivity index (χ3n) is 6.60. The van der Waals surface area contributed by atoms with E-state index in [9.17, 15) is 9.90 Å². The summed E-state index contributed by atoms with van der Waals surface area (Å²) in [5.41, 5.74) is 3.44. The van der Waals surface area contributed by atoms with Crippen LogP contribution < -0.4 is 0 Å². The van der Waals surface area contributed by atoms with Gasteiger partial charge in [-0.2, -0.15) is 5.10 Å². The molecule has 1 saturated carbocycles. The lowest BCUT2D eigenvalue weighted by molar-refractivity contribution is -0.139. The molecule has 1 saturated heterocycles. The molecule has 1 amide bonds. The second-order valence-electron chi connectivity index (χ2n) is 7.88. The van der Waals surface area contributed by atoms with Crippen LogP contribution in [0.25, 0.3) is 0 Å². The van der Waals surface area contributed by atoms with Gasteiger partial charge in [-0.3, -0.25) is 9.89 Å². The number of likely N-dealkylation sites (tertiary alicyclic amines) is 1. The number of aryl methyl sites for hydroxylation is 2. The summed E-state index contributed by atoms with van der Waals surface area (Å²) in [6.45, 7) is 0.739. The van der Waals surface area contributed by atoms with Gasteiger partial charge in [-0.15, -0.1) is 0 Å². The van der Waals surface area contributed by atoms with Gasteiger partial charge in [0.2, 0.25) is 5.91 Å². The van der Waals surface area contributed by atoms with Crippen molar-refractivity contribution in [2.24, 2.45) is 0 Å². The monoisotopic (exact) mass is 347 g/mol. The molecule has 3 atom stereocenters. The highest BCUT2D eigenvalue weighted by atomic mass is 16.5. The van der Waals surface area contributed by atoms with E-state index in [-0.39, 0.29) is 23.7 Å². The quantitative estimate of drug-likeness (QED) is 0.870. The number of aliphatic hydroxyl groups excluding tert-OH is 1. The predicted molar refractivity (Wildman–Crippen MR) is 93.3 cm³/mol. The van der Waals surface area contributed by atoms with Gasteiger partial charge in [0.05, 0.1) is 23.4 Å². The number of amides is 1. The lowest BCUT2D eigenvalue weighted by Gasteiger charge is -2.42. The van der Waals surface area contributed by atoms with Gasteiger partial charge >= 0.3 is 0 Å². The number of methoxy groups -OCH3 is 1. The van der Waals surface area contributed by atoms with Crippen molar-refractivity contribution in [2.75, 3.05) is 13.7 Å². The standard InChI is InChI=1S/C19H29N3O3/c1-25-19-9-8-13(23)12-17(19)22(11-10-19)18(24)7-6-16-14-4-2-3-5-15(14)20-21-16/h13,17,23H,2-12H2,1H3,(H,20,21)/t13-,17+,19-/m1/s1. The van der Waals surface area contributed by atoms with E-state index < -0.39 is 0 Å². The third kappa shape index (κ3) is 2.99. The van der Waals surface area contributed by atoms with E-state index in [0.29, 0.717) is 19.3 Å². The molecule has 2 heterocycles. The number of nitrogens with zero attached hydrogens (tertiary/aromatic N) is 2. The molecule has 0 radical (unpaired) electrons. The van der Waals surface area contributed by atoms with Crippen LogP contribution in [0, 0.1) is 0 Å². The Bertz CT molecular complexity index is 644. The Morgan fingerprint density at radius 1 is 1.40 bits per heavy atom. The van der Waals surface area contributed by atoms with E-state index in [0.717, 1.165) is 44.3 Å². The molecule has 4 rings (SSSR count). The molecule has 6 nitrogen and oxygen atoms in total. The minimum absolute atomic E-state index is 0.0156. The van der Waals surface area contributed by atoms with E-state index >= 15 is 0 Å². The molecule has 3 aliphatic rings. The van der Waals surface area contributed by atoms with Crippen molar-refractivity contribution < 1.29 is 14.6 Å². The van der Waals surface area contributed by atoms with Crippen LogP contribution in [0.5, 0.6) is 0 Å². The SMILES string of the molecule is CO[C@@]12CC[C@@H](O)C[C@@H]1N(C(=O)CCc1n[nH]c3c1CCCC3)CC2. The summed E-state index contributed by atoms with van der Waals surface area (Å²) < 4.78 is 5.83. The Morgan fingerprint density at radius 3 is 3.08 bits per heavy atom. The first-order chi connectivity index (χ1) is 12.1. The summed E-state index contributed by atoms with van der Waals surface area (Å²) in [4.78, 5) is 14.8. The van der Waals surface area contributed by atoms with Crippen molar-refractivity contribution in [3.05, 3.63) is 17.0 Å². The van der Waals surface area contributed by atoms with Crippen LogP contribution in [0.3, 0.4) is 0 Å². The van der Waals surface area contributed by atoms with Gasteiger partial charge in [-0.1, -0.05) is 0 Å². The van der Waals surface area contributed by atoms with Crippen LogP contribution in [0.4, 0.5) is 0 Å². The molecule has 1 aromatic heterocycles. The molecule has 0 aromatic carbocycles. The Balaban J connectivity index is 1.42. The molecule has 1 aliphatic heterocycles. The highest BCUT2D eigenvalue weighted by Gasteiger charge is 2.52. The van der Waals surface area contributed by atoms with Crippen molar-refractivity contribution in [2.45, 2.75) is 82.0 Å². The maximum absolute atomic E-state index is 12.9. The third-order valence-corrected chi connectivity index (χ3v) is 6.60. The molecule has 6 heteroatoms. The molecule has 2 fully saturated rings. The first-order valence-electron chi connectivity index (χ1n) is 9.70. The Morgan fingerprint density at radius 2 is 2.24 bits per heavy atom. The Labute approximate surface area is 148 Å². The van der Waals surface area contributed by atoms with Gasteiger partial charge in [0, 0.05) is 32.2 Å². The van der Waals surface area contributed by atoms with Crippen LogP contribution in [-0.2, 0) is 28.8 Å². The molecule has 2 aliphatic carbocycles. The fraction of sp³-hybridized carbons (Fsp3) is 0.789. The van der Waals surface area contributed by atoms with Gasteiger partial charge in [0.1, 0.15) is 0 Å². The summed E-state index contributed by atoms with van der Waals surface area (Å²) in [6.07, 6.45) is 8.61. The van der Waals surface area contributed by atoms with E-state index in [1.54, 1.807) is 7.11 Å². The molecule has 2 N–H and O–H groups in total. The zero-order chi connectivity index (χ0) is 17.4. The van der Waals surface area contributed by atoms with E-state index in [1.807, 2.05) is 4.90 Å². The van der Waals surface area contributed by atoms with Crippen molar-refractivity contribution >= 4 is 5.91 Å². The van der Waals surface area contributed by atoms with Crippen molar-refractivity contribution in [3.63, 3.8) is 0 Å². The van der Waals surface area contributed by atoms with Crippen LogP contribution in [0.1, 0.15) is 61.9 Å². The molecule has 0 bridgehead atoms. The maximum atomic E-state index is 12.9. The number of carbonyl (C=O) groups excluding carboxylic acids is 1. The van der Waals surface area contributed by atoms with Crippen LogP contribution in [0.2, 0.25) is 0 Å². The van der Waals surface area contributed by atoms with Gasteiger partial charge < -0.3 is 14.7 Å². The van der Waals surface area contributed by atoms with Gasteiger partial charge in [-0.25, -0.2) is 0 Å². The Hall–Kier alpha value is -1.40. The zero-order valence-electron chi connectivity index (χ0n) is 15.1. The van der Waals surface area contributed by atoms with Crippen LogP contribution in [0.15, 0.2) is 0 Å². The molecule has 25 heavy (non-hydrogen) atoms. The number of aliphatic hydroxyl groups is 1. The molecular weight excluding hydrogens is 318 g/mol.